The lowest BCUT2D eigenvalue weighted by Crippen LogP contribution is -2.38. The molecule has 0 bridgehead atoms. The molecule has 2 rings (SSSR count). The van der Waals surface area contributed by atoms with E-state index in [2.05, 4.69) is 28.6 Å². The number of halogens is 1. The van der Waals surface area contributed by atoms with Crippen molar-refractivity contribution in [3.63, 3.8) is 0 Å². The fourth-order valence-corrected chi connectivity index (χ4v) is 2.22. The van der Waals surface area contributed by atoms with E-state index in [0.29, 0.717) is 0 Å². The van der Waals surface area contributed by atoms with E-state index in [4.69, 9.17) is 9.47 Å². The van der Waals surface area contributed by atoms with E-state index < -0.39 is 0 Å². The van der Waals surface area contributed by atoms with Gasteiger partial charge in [-0.25, -0.2) is 0 Å². The molecule has 130 valence electrons. The fraction of sp³-hybridized carbons (Fsp3) is 0.588. The van der Waals surface area contributed by atoms with Crippen molar-refractivity contribution in [2.45, 2.75) is 26.2 Å². The largest absolute Gasteiger partial charge is 0.493 e. The van der Waals surface area contributed by atoms with Crippen molar-refractivity contribution in [1.82, 2.24) is 10.6 Å². The Labute approximate surface area is 156 Å². The van der Waals surface area contributed by atoms with Crippen LogP contribution in [0.5, 0.6) is 11.5 Å². The number of benzene rings is 1. The van der Waals surface area contributed by atoms with Crippen molar-refractivity contribution in [1.29, 1.82) is 0 Å². The smallest absolute Gasteiger partial charge is 0.191 e. The number of guanidine groups is 1. The second kappa shape index (κ2) is 10.6. The minimum absolute atomic E-state index is 0. The van der Waals surface area contributed by atoms with Gasteiger partial charge in [-0.3, -0.25) is 4.99 Å². The van der Waals surface area contributed by atoms with Crippen LogP contribution in [-0.4, -0.2) is 39.8 Å². The summed E-state index contributed by atoms with van der Waals surface area (Å²) in [6, 6.07) is 6.03. The highest BCUT2D eigenvalue weighted by molar-refractivity contribution is 14.0. The van der Waals surface area contributed by atoms with Gasteiger partial charge < -0.3 is 20.1 Å². The molecule has 0 saturated heterocycles. The Hall–Kier alpha value is -1.18. The predicted molar refractivity (Wildman–Crippen MR) is 105 cm³/mol. The molecule has 6 heteroatoms. The zero-order chi connectivity index (χ0) is 15.8. The van der Waals surface area contributed by atoms with Crippen LogP contribution in [0, 0.1) is 5.92 Å². The molecule has 23 heavy (non-hydrogen) atoms. The van der Waals surface area contributed by atoms with E-state index in [0.717, 1.165) is 49.4 Å². The SMILES string of the molecule is CCNC(=NCC1CC1)NCCc1ccc(OC)c(OC)c1.I. The zero-order valence-corrected chi connectivity index (χ0v) is 16.6. The summed E-state index contributed by atoms with van der Waals surface area (Å²) in [5.74, 6) is 3.25. The maximum Gasteiger partial charge on any atom is 0.191 e. The molecule has 0 amide bonds. The second-order valence-corrected chi connectivity index (χ2v) is 5.53. The van der Waals surface area contributed by atoms with Crippen LogP contribution in [-0.2, 0) is 6.42 Å². The van der Waals surface area contributed by atoms with E-state index in [1.165, 1.54) is 18.4 Å². The quantitative estimate of drug-likeness (QED) is 0.376. The second-order valence-electron chi connectivity index (χ2n) is 5.53. The van der Waals surface area contributed by atoms with Crippen LogP contribution in [0.15, 0.2) is 23.2 Å². The molecule has 0 aliphatic heterocycles. The van der Waals surface area contributed by atoms with Gasteiger partial charge in [0.25, 0.3) is 0 Å². The third-order valence-electron chi connectivity index (χ3n) is 3.70. The number of nitrogens with zero attached hydrogens (tertiary/aromatic N) is 1. The van der Waals surface area contributed by atoms with Gasteiger partial charge in [0.15, 0.2) is 17.5 Å². The first-order chi connectivity index (χ1) is 10.8. The van der Waals surface area contributed by atoms with Gasteiger partial charge in [0.1, 0.15) is 0 Å². The molecule has 0 aromatic heterocycles. The number of ether oxygens (including phenoxy) is 2. The summed E-state index contributed by atoms with van der Waals surface area (Å²) in [7, 11) is 3.31. The lowest BCUT2D eigenvalue weighted by atomic mass is 10.1. The molecule has 0 atom stereocenters. The number of nitrogens with one attached hydrogen (secondary N) is 2. The molecule has 0 radical (unpaired) electrons. The van der Waals surface area contributed by atoms with Crippen LogP contribution in [0.2, 0.25) is 0 Å². The molecule has 2 N–H and O–H groups in total. The van der Waals surface area contributed by atoms with E-state index in [1.54, 1.807) is 14.2 Å². The summed E-state index contributed by atoms with van der Waals surface area (Å²) in [6.45, 7) is 4.74. The first-order valence-corrected chi connectivity index (χ1v) is 8.00. The highest BCUT2D eigenvalue weighted by Gasteiger charge is 2.20. The van der Waals surface area contributed by atoms with Crippen LogP contribution in [0.1, 0.15) is 25.3 Å². The van der Waals surface area contributed by atoms with Gasteiger partial charge in [0.05, 0.1) is 14.2 Å². The predicted octanol–water partition coefficient (Wildman–Crippen LogP) is 2.83. The number of hydrogen-bond acceptors (Lipinski definition) is 3. The zero-order valence-electron chi connectivity index (χ0n) is 14.2. The van der Waals surface area contributed by atoms with Gasteiger partial charge in [-0.05, 0) is 49.8 Å². The third kappa shape index (κ3) is 6.85. The molecule has 0 heterocycles. The van der Waals surface area contributed by atoms with Crippen LogP contribution in [0.3, 0.4) is 0 Å². The van der Waals surface area contributed by atoms with Crippen molar-refractivity contribution in [2.24, 2.45) is 10.9 Å². The standard InChI is InChI=1S/C17H27N3O2.HI/c1-4-18-17(20-12-14-5-6-14)19-10-9-13-7-8-15(21-2)16(11-13)22-3;/h7-8,11,14H,4-6,9-10,12H2,1-3H3,(H2,18,19,20);1H. The topological polar surface area (TPSA) is 54.9 Å². The van der Waals surface area contributed by atoms with Gasteiger partial charge in [0.2, 0.25) is 0 Å². The Morgan fingerprint density at radius 1 is 1.17 bits per heavy atom. The van der Waals surface area contributed by atoms with Crippen LogP contribution < -0.4 is 20.1 Å². The van der Waals surface area contributed by atoms with Gasteiger partial charge in [0, 0.05) is 19.6 Å². The average Bonchev–Trinajstić information content (AvgIpc) is 3.36. The highest BCUT2D eigenvalue weighted by atomic mass is 127. The molecule has 5 nitrogen and oxygen atoms in total. The first kappa shape index (κ1) is 19.9. The minimum Gasteiger partial charge on any atom is -0.493 e. The van der Waals surface area contributed by atoms with Crippen molar-refractivity contribution in [3.05, 3.63) is 23.8 Å². The van der Waals surface area contributed by atoms with Crippen molar-refractivity contribution < 1.29 is 9.47 Å². The number of methoxy groups -OCH3 is 2. The molecule has 0 unspecified atom stereocenters. The average molecular weight is 433 g/mol. The number of aliphatic imine (C=N–C) groups is 1. The fourth-order valence-electron chi connectivity index (χ4n) is 2.22. The Kier molecular flexibility index (Phi) is 9.13. The minimum atomic E-state index is 0. The Bertz CT molecular complexity index is 505. The summed E-state index contributed by atoms with van der Waals surface area (Å²) in [5.41, 5.74) is 1.21. The lowest BCUT2D eigenvalue weighted by Gasteiger charge is -2.12. The summed E-state index contributed by atoms with van der Waals surface area (Å²) >= 11 is 0. The molecule has 1 saturated carbocycles. The summed E-state index contributed by atoms with van der Waals surface area (Å²) in [5, 5.41) is 6.67. The monoisotopic (exact) mass is 433 g/mol. The van der Waals surface area contributed by atoms with E-state index in [9.17, 15) is 0 Å². The molecule has 1 fully saturated rings. The van der Waals surface area contributed by atoms with Crippen LogP contribution >= 0.6 is 24.0 Å². The summed E-state index contributed by atoms with van der Waals surface area (Å²) in [4.78, 5) is 4.62. The molecular formula is C17H28IN3O2. The lowest BCUT2D eigenvalue weighted by molar-refractivity contribution is 0.354. The van der Waals surface area contributed by atoms with Crippen molar-refractivity contribution in [3.8, 4) is 11.5 Å². The maximum atomic E-state index is 5.33. The van der Waals surface area contributed by atoms with Gasteiger partial charge in [-0.15, -0.1) is 24.0 Å². The van der Waals surface area contributed by atoms with E-state index in [1.807, 2.05) is 12.1 Å². The molecule has 1 aliphatic carbocycles. The van der Waals surface area contributed by atoms with E-state index in [-0.39, 0.29) is 24.0 Å². The third-order valence-corrected chi connectivity index (χ3v) is 3.70. The van der Waals surface area contributed by atoms with Crippen molar-refractivity contribution in [2.75, 3.05) is 33.9 Å². The molecular weight excluding hydrogens is 405 g/mol. The summed E-state index contributed by atoms with van der Waals surface area (Å²) in [6.07, 6.45) is 3.57. The molecule has 0 spiro atoms. The van der Waals surface area contributed by atoms with Gasteiger partial charge >= 0.3 is 0 Å². The summed E-state index contributed by atoms with van der Waals surface area (Å²) < 4.78 is 10.6. The number of hydrogen-bond donors (Lipinski definition) is 2. The molecule has 1 aromatic carbocycles. The molecule has 1 aliphatic rings. The Morgan fingerprint density at radius 3 is 2.52 bits per heavy atom. The first-order valence-electron chi connectivity index (χ1n) is 8.00. The van der Waals surface area contributed by atoms with E-state index >= 15 is 0 Å². The van der Waals surface area contributed by atoms with Gasteiger partial charge in [-0.2, -0.15) is 0 Å². The Balaban J connectivity index is 0.00000264. The van der Waals surface area contributed by atoms with Gasteiger partial charge in [-0.1, -0.05) is 6.07 Å². The number of rotatable bonds is 8. The molecule has 1 aromatic rings. The van der Waals surface area contributed by atoms with Crippen LogP contribution in [0.25, 0.3) is 0 Å². The maximum absolute atomic E-state index is 5.33. The van der Waals surface area contributed by atoms with Crippen LogP contribution in [0.4, 0.5) is 0 Å². The van der Waals surface area contributed by atoms with Crippen molar-refractivity contribution >= 4 is 29.9 Å². The highest BCUT2D eigenvalue weighted by Crippen LogP contribution is 2.29. The Morgan fingerprint density at radius 2 is 1.91 bits per heavy atom. The normalized spacial score (nSPS) is 14.0.